The first kappa shape index (κ1) is 13.2. The molecule has 96 valence electrons. The summed E-state index contributed by atoms with van der Waals surface area (Å²) in [6.45, 7) is 0. The summed E-state index contributed by atoms with van der Waals surface area (Å²) in [4.78, 5) is 0. The number of aryl methyl sites for hydroxylation is 1. The maximum absolute atomic E-state index is 13.2. The molecular weight excluding hydrogens is 297 g/mol. The lowest BCUT2D eigenvalue weighted by Crippen LogP contribution is -2.19. The summed E-state index contributed by atoms with van der Waals surface area (Å²) in [5.41, 5.74) is 2.05. The third kappa shape index (κ3) is 2.97. The molecular formula is C13H15BrFN3. The van der Waals surface area contributed by atoms with Gasteiger partial charge in [-0.05, 0) is 46.7 Å². The maximum atomic E-state index is 13.2. The summed E-state index contributed by atoms with van der Waals surface area (Å²) >= 11 is 3.21. The molecule has 0 aliphatic carbocycles. The maximum Gasteiger partial charge on any atom is 0.137 e. The summed E-state index contributed by atoms with van der Waals surface area (Å²) < 4.78 is 15.5. The van der Waals surface area contributed by atoms with Crippen molar-refractivity contribution in [3.05, 3.63) is 52.0 Å². The number of benzene rings is 1. The van der Waals surface area contributed by atoms with Gasteiger partial charge in [-0.3, -0.25) is 4.68 Å². The van der Waals surface area contributed by atoms with Gasteiger partial charge in [-0.25, -0.2) is 4.39 Å². The molecule has 1 heterocycles. The molecule has 3 nitrogen and oxygen atoms in total. The molecule has 5 heteroatoms. The van der Waals surface area contributed by atoms with Gasteiger partial charge in [-0.2, -0.15) is 5.10 Å². The first-order chi connectivity index (χ1) is 8.60. The fraction of sp³-hybridized carbons (Fsp3) is 0.308. The standard InChI is InChI=1S/C13H15BrFN3/c1-16-13(8-10-5-6-18(2)17-10)9-3-4-12(15)11(14)7-9/h3-7,13,16H,8H2,1-2H3. The van der Waals surface area contributed by atoms with Crippen molar-refractivity contribution < 1.29 is 4.39 Å². The van der Waals surface area contributed by atoms with Gasteiger partial charge < -0.3 is 5.32 Å². The molecule has 1 N–H and O–H groups in total. The van der Waals surface area contributed by atoms with Crippen molar-refractivity contribution in [1.82, 2.24) is 15.1 Å². The Bertz CT molecular complexity index is 539. The quantitative estimate of drug-likeness (QED) is 0.941. The highest BCUT2D eigenvalue weighted by Gasteiger charge is 2.13. The van der Waals surface area contributed by atoms with Crippen LogP contribution in [0.1, 0.15) is 17.3 Å². The van der Waals surface area contributed by atoms with E-state index in [9.17, 15) is 4.39 Å². The molecule has 2 rings (SSSR count). The van der Waals surface area contributed by atoms with Crippen molar-refractivity contribution in [2.45, 2.75) is 12.5 Å². The summed E-state index contributed by atoms with van der Waals surface area (Å²) in [7, 11) is 3.79. The largest absolute Gasteiger partial charge is 0.313 e. The van der Waals surface area contributed by atoms with Crippen molar-refractivity contribution in [3.63, 3.8) is 0 Å². The lowest BCUT2D eigenvalue weighted by molar-refractivity contribution is 0.572. The van der Waals surface area contributed by atoms with Crippen LogP contribution in [0.5, 0.6) is 0 Å². The van der Waals surface area contributed by atoms with Crippen molar-refractivity contribution >= 4 is 15.9 Å². The van der Waals surface area contributed by atoms with E-state index in [1.807, 2.05) is 26.4 Å². The van der Waals surface area contributed by atoms with Gasteiger partial charge in [-0.1, -0.05) is 6.07 Å². The first-order valence-electron chi connectivity index (χ1n) is 5.71. The minimum atomic E-state index is -0.244. The minimum Gasteiger partial charge on any atom is -0.313 e. The lowest BCUT2D eigenvalue weighted by atomic mass is 10.0. The van der Waals surface area contributed by atoms with Gasteiger partial charge in [0.25, 0.3) is 0 Å². The van der Waals surface area contributed by atoms with E-state index in [1.54, 1.807) is 16.8 Å². The Morgan fingerprint density at radius 3 is 2.78 bits per heavy atom. The van der Waals surface area contributed by atoms with Crippen LogP contribution in [0.15, 0.2) is 34.9 Å². The van der Waals surface area contributed by atoms with E-state index >= 15 is 0 Å². The molecule has 0 saturated carbocycles. The molecule has 0 fully saturated rings. The molecule has 1 aromatic heterocycles. The molecule has 2 aromatic rings. The van der Waals surface area contributed by atoms with Gasteiger partial charge in [0.15, 0.2) is 0 Å². The second kappa shape index (κ2) is 5.63. The molecule has 0 aliphatic rings. The first-order valence-corrected chi connectivity index (χ1v) is 6.50. The van der Waals surface area contributed by atoms with Gasteiger partial charge in [0.05, 0.1) is 10.2 Å². The van der Waals surface area contributed by atoms with Crippen molar-refractivity contribution in [1.29, 1.82) is 0 Å². The molecule has 0 spiro atoms. The SMILES string of the molecule is CNC(Cc1ccn(C)n1)c1ccc(F)c(Br)c1. The van der Waals surface area contributed by atoms with E-state index in [4.69, 9.17) is 0 Å². The molecule has 0 bridgehead atoms. The summed E-state index contributed by atoms with van der Waals surface area (Å²) in [5.74, 6) is -0.244. The molecule has 0 amide bonds. The number of nitrogens with one attached hydrogen (secondary N) is 1. The fourth-order valence-electron chi connectivity index (χ4n) is 1.90. The fourth-order valence-corrected chi connectivity index (χ4v) is 2.29. The summed E-state index contributed by atoms with van der Waals surface area (Å²) in [6.07, 6.45) is 2.69. The predicted molar refractivity (Wildman–Crippen MR) is 72.8 cm³/mol. The average molecular weight is 312 g/mol. The Hall–Kier alpha value is -1.20. The molecule has 1 aromatic carbocycles. The van der Waals surface area contributed by atoms with E-state index in [0.29, 0.717) is 4.47 Å². The normalized spacial score (nSPS) is 12.7. The topological polar surface area (TPSA) is 29.9 Å². The van der Waals surface area contributed by atoms with E-state index in [0.717, 1.165) is 17.7 Å². The third-order valence-corrected chi connectivity index (χ3v) is 3.48. The highest BCUT2D eigenvalue weighted by molar-refractivity contribution is 9.10. The van der Waals surface area contributed by atoms with Crippen molar-refractivity contribution in [2.75, 3.05) is 7.05 Å². The highest BCUT2D eigenvalue weighted by Crippen LogP contribution is 2.23. The zero-order valence-corrected chi connectivity index (χ0v) is 11.9. The van der Waals surface area contributed by atoms with Gasteiger partial charge in [0.1, 0.15) is 5.82 Å². The van der Waals surface area contributed by atoms with Crippen molar-refractivity contribution in [3.8, 4) is 0 Å². The molecule has 1 atom stereocenters. The van der Waals surface area contributed by atoms with Crippen LogP contribution in [0.4, 0.5) is 4.39 Å². The Balaban J connectivity index is 2.19. The zero-order chi connectivity index (χ0) is 13.1. The van der Waals surface area contributed by atoms with Crippen LogP contribution in [-0.4, -0.2) is 16.8 Å². The smallest absolute Gasteiger partial charge is 0.137 e. The third-order valence-electron chi connectivity index (χ3n) is 2.88. The van der Waals surface area contributed by atoms with E-state index < -0.39 is 0 Å². The van der Waals surface area contributed by atoms with Crippen LogP contribution in [0.25, 0.3) is 0 Å². The van der Waals surface area contributed by atoms with Crippen LogP contribution in [0.2, 0.25) is 0 Å². The van der Waals surface area contributed by atoms with E-state index in [1.165, 1.54) is 6.07 Å². The zero-order valence-electron chi connectivity index (χ0n) is 10.3. The summed E-state index contributed by atoms with van der Waals surface area (Å²) in [5, 5.41) is 7.59. The number of likely N-dealkylation sites (N-methyl/N-ethyl adjacent to an activating group) is 1. The Morgan fingerprint density at radius 2 is 2.22 bits per heavy atom. The van der Waals surface area contributed by atoms with Gasteiger partial charge in [-0.15, -0.1) is 0 Å². The number of halogens is 2. The van der Waals surface area contributed by atoms with E-state index in [-0.39, 0.29) is 11.9 Å². The minimum absolute atomic E-state index is 0.122. The number of hydrogen-bond acceptors (Lipinski definition) is 2. The van der Waals surface area contributed by atoms with Crippen LogP contribution < -0.4 is 5.32 Å². The molecule has 0 radical (unpaired) electrons. The van der Waals surface area contributed by atoms with Crippen LogP contribution in [0, 0.1) is 5.82 Å². The Labute approximate surface area is 114 Å². The Kier molecular flexibility index (Phi) is 4.14. The molecule has 0 saturated heterocycles. The molecule has 1 unspecified atom stereocenters. The van der Waals surface area contributed by atoms with Crippen molar-refractivity contribution in [2.24, 2.45) is 7.05 Å². The highest BCUT2D eigenvalue weighted by atomic mass is 79.9. The molecule has 0 aliphatic heterocycles. The molecule has 18 heavy (non-hydrogen) atoms. The number of nitrogens with zero attached hydrogens (tertiary/aromatic N) is 2. The average Bonchev–Trinajstić information content (AvgIpc) is 2.75. The van der Waals surface area contributed by atoms with Crippen LogP contribution in [-0.2, 0) is 13.5 Å². The number of hydrogen-bond donors (Lipinski definition) is 1. The number of rotatable bonds is 4. The monoisotopic (exact) mass is 311 g/mol. The lowest BCUT2D eigenvalue weighted by Gasteiger charge is -2.16. The summed E-state index contributed by atoms with van der Waals surface area (Å²) in [6, 6.07) is 7.19. The number of aromatic nitrogens is 2. The van der Waals surface area contributed by atoms with Gasteiger partial charge >= 0.3 is 0 Å². The predicted octanol–water partition coefficient (Wildman–Crippen LogP) is 2.82. The second-order valence-corrected chi connectivity index (χ2v) is 5.05. The van der Waals surface area contributed by atoms with E-state index in [2.05, 4.69) is 26.3 Å². The van der Waals surface area contributed by atoms with Gasteiger partial charge in [0, 0.05) is 25.7 Å². The Morgan fingerprint density at radius 1 is 1.44 bits per heavy atom. The van der Waals surface area contributed by atoms with Gasteiger partial charge in [0.2, 0.25) is 0 Å². The van der Waals surface area contributed by atoms with Crippen LogP contribution >= 0.6 is 15.9 Å². The second-order valence-electron chi connectivity index (χ2n) is 4.20. The van der Waals surface area contributed by atoms with Crippen LogP contribution in [0.3, 0.4) is 0 Å².